The molecule has 0 fully saturated rings. The van der Waals surface area contributed by atoms with E-state index in [-0.39, 0.29) is 0 Å². The highest BCUT2D eigenvalue weighted by molar-refractivity contribution is 7.99. The van der Waals surface area contributed by atoms with Gasteiger partial charge in [-0.25, -0.2) is 4.98 Å². The fourth-order valence-electron chi connectivity index (χ4n) is 1.84. The molecule has 0 radical (unpaired) electrons. The zero-order chi connectivity index (χ0) is 13.8. The molecule has 0 bridgehead atoms. The summed E-state index contributed by atoms with van der Waals surface area (Å²) in [4.78, 5) is 7.74. The van der Waals surface area contributed by atoms with Crippen molar-refractivity contribution in [1.29, 1.82) is 0 Å². The van der Waals surface area contributed by atoms with Gasteiger partial charge in [0.25, 0.3) is 0 Å². The molecule has 2 aromatic carbocycles. The van der Waals surface area contributed by atoms with Gasteiger partial charge in [-0.15, -0.1) is 0 Å². The minimum atomic E-state index is 0.645. The summed E-state index contributed by atoms with van der Waals surface area (Å²) in [6.45, 7) is 0.645. The summed E-state index contributed by atoms with van der Waals surface area (Å²) >= 11 is 7.58. The summed E-state index contributed by atoms with van der Waals surface area (Å²) in [7, 11) is 0. The number of rotatable bonds is 5. The molecular formula is C15H13ClN2OS. The van der Waals surface area contributed by atoms with E-state index < -0.39 is 0 Å². The third-order valence-corrected chi connectivity index (χ3v) is 3.83. The third-order valence-electron chi connectivity index (χ3n) is 2.76. The van der Waals surface area contributed by atoms with Crippen LogP contribution in [0.4, 0.5) is 0 Å². The van der Waals surface area contributed by atoms with E-state index in [2.05, 4.69) is 9.97 Å². The Morgan fingerprint density at radius 1 is 1.15 bits per heavy atom. The molecule has 0 saturated heterocycles. The van der Waals surface area contributed by atoms with E-state index in [9.17, 15) is 0 Å². The maximum Gasteiger partial charge on any atom is 0.166 e. The number of hydrogen-bond donors (Lipinski definition) is 1. The van der Waals surface area contributed by atoms with Gasteiger partial charge in [0, 0.05) is 10.8 Å². The van der Waals surface area contributed by atoms with Crippen LogP contribution in [-0.4, -0.2) is 22.3 Å². The molecule has 102 valence electrons. The summed E-state index contributed by atoms with van der Waals surface area (Å²) in [6.07, 6.45) is 0. The van der Waals surface area contributed by atoms with Crippen molar-refractivity contribution in [2.24, 2.45) is 0 Å². The average Bonchev–Trinajstić information content (AvgIpc) is 2.86. The Labute approximate surface area is 126 Å². The number of aromatic amines is 1. The van der Waals surface area contributed by atoms with Gasteiger partial charge in [0.2, 0.25) is 0 Å². The quantitative estimate of drug-likeness (QED) is 0.561. The molecule has 5 heteroatoms. The van der Waals surface area contributed by atoms with Crippen LogP contribution in [-0.2, 0) is 0 Å². The smallest absolute Gasteiger partial charge is 0.166 e. The number of nitrogens with zero attached hydrogens (tertiary/aromatic N) is 1. The minimum Gasteiger partial charge on any atom is -0.493 e. The van der Waals surface area contributed by atoms with Gasteiger partial charge in [-0.1, -0.05) is 41.6 Å². The summed E-state index contributed by atoms with van der Waals surface area (Å²) in [6, 6.07) is 15.4. The molecule has 3 aromatic rings. The number of benzene rings is 2. The first-order chi connectivity index (χ1) is 9.81. The number of halogens is 1. The first-order valence-electron chi connectivity index (χ1n) is 6.27. The van der Waals surface area contributed by atoms with Gasteiger partial charge in [0.15, 0.2) is 5.16 Å². The van der Waals surface area contributed by atoms with E-state index in [1.165, 1.54) is 0 Å². The van der Waals surface area contributed by atoms with Crippen molar-refractivity contribution in [2.45, 2.75) is 5.16 Å². The van der Waals surface area contributed by atoms with E-state index in [0.717, 1.165) is 27.7 Å². The predicted octanol–water partition coefficient (Wildman–Crippen LogP) is 4.39. The molecule has 3 nitrogen and oxygen atoms in total. The molecule has 0 aliphatic heterocycles. The van der Waals surface area contributed by atoms with Gasteiger partial charge in [-0.05, 0) is 30.3 Å². The Kier molecular flexibility index (Phi) is 4.14. The van der Waals surface area contributed by atoms with Crippen molar-refractivity contribution in [3.05, 3.63) is 53.6 Å². The number of para-hydroxylation sites is 1. The Bertz CT molecular complexity index is 699. The molecule has 3 rings (SSSR count). The van der Waals surface area contributed by atoms with Crippen LogP contribution in [0.15, 0.2) is 53.7 Å². The third kappa shape index (κ3) is 3.26. The number of H-pyrrole nitrogens is 1. The number of thioether (sulfide) groups is 1. The number of hydrogen-bond acceptors (Lipinski definition) is 3. The van der Waals surface area contributed by atoms with Crippen molar-refractivity contribution in [3.63, 3.8) is 0 Å². The second kappa shape index (κ2) is 6.20. The fourth-order valence-corrected chi connectivity index (χ4v) is 2.72. The van der Waals surface area contributed by atoms with E-state index in [1.807, 2.05) is 48.5 Å². The van der Waals surface area contributed by atoms with Gasteiger partial charge in [-0.3, -0.25) is 0 Å². The highest BCUT2D eigenvalue weighted by atomic mass is 35.5. The number of ether oxygens (including phenoxy) is 1. The summed E-state index contributed by atoms with van der Waals surface area (Å²) < 4.78 is 5.64. The average molecular weight is 305 g/mol. The van der Waals surface area contributed by atoms with Crippen LogP contribution in [0, 0.1) is 0 Å². The number of fused-ring (bicyclic) bond motifs is 1. The molecule has 0 aliphatic carbocycles. The van der Waals surface area contributed by atoms with Crippen LogP contribution < -0.4 is 4.74 Å². The molecule has 0 unspecified atom stereocenters. The van der Waals surface area contributed by atoms with Crippen molar-refractivity contribution < 1.29 is 4.74 Å². The number of nitrogens with one attached hydrogen (secondary N) is 1. The molecule has 0 atom stereocenters. The highest BCUT2D eigenvalue weighted by Crippen LogP contribution is 2.22. The van der Waals surface area contributed by atoms with Crippen LogP contribution >= 0.6 is 23.4 Å². The Hall–Kier alpha value is -1.65. The molecular weight excluding hydrogens is 292 g/mol. The van der Waals surface area contributed by atoms with Gasteiger partial charge in [-0.2, -0.15) is 0 Å². The fraction of sp³-hybridized carbons (Fsp3) is 0.133. The first kappa shape index (κ1) is 13.3. The maximum absolute atomic E-state index is 5.95. The van der Waals surface area contributed by atoms with Crippen molar-refractivity contribution >= 4 is 34.4 Å². The second-order valence-electron chi connectivity index (χ2n) is 4.21. The van der Waals surface area contributed by atoms with Gasteiger partial charge in [0.1, 0.15) is 5.75 Å². The van der Waals surface area contributed by atoms with Crippen LogP contribution in [0.5, 0.6) is 5.75 Å². The second-order valence-corrected chi connectivity index (χ2v) is 5.73. The lowest BCUT2D eigenvalue weighted by molar-refractivity contribution is 0.344. The van der Waals surface area contributed by atoms with E-state index >= 15 is 0 Å². The summed E-state index contributed by atoms with van der Waals surface area (Å²) in [5.74, 6) is 1.73. The molecule has 0 spiro atoms. The monoisotopic (exact) mass is 304 g/mol. The summed E-state index contributed by atoms with van der Waals surface area (Å²) in [5.41, 5.74) is 1.89. The molecule has 0 amide bonds. The molecule has 0 aliphatic rings. The number of aromatic nitrogens is 2. The SMILES string of the molecule is Clc1ccc2nc(SCCOc3ccccc3)[nH]c2c1. The lowest BCUT2D eigenvalue weighted by Crippen LogP contribution is -1.99. The lowest BCUT2D eigenvalue weighted by Gasteiger charge is -2.04. The van der Waals surface area contributed by atoms with Crippen molar-refractivity contribution in [3.8, 4) is 5.75 Å². The zero-order valence-corrected chi connectivity index (χ0v) is 12.2. The predicted molar refractivity (Wildman–Crippen MR) is 83.8 cm³/mol. The maximum atomic E-state index is 5.95. The number of imidazole rings is 1. The zero-order valence-electron chi connectivity index (χ0n) is 10.7. The molecule has 20 heavy (non-hydrogen) atoms. The van der Waals surface area contributed by atoms with E-state index in [1.54, 1.807) is 11.8 Å². The Morgan fingerprint density at radius 3 is 2.85 bits per heavy atom. The standard InChI is InChI=1S/C15H13ClN2OS/c16-11-6-7-13-14(10-11)18-15(17-13)20-9-8-19-12-4-2-1-3-5-12/h1-7,10H,8-9H2,(H,17,18). The van der Waals surface area contributed by atoms with Crippen LogP contribution in [0.1, 0.15) is 0 Å². The Morgan fingerprint density at radius 2 is 2.00 bits per heavy atom. The van der Waals surface area contributed by atoms with E-state index in [0.29, 0.717) is 11.6 Å². The lowest BCUT2D eigenvalue weighted by atomic mass is 10.3. The van der Waals surface area contributed by atoms with Gasteiger partial charge in [0.05, 0.1) is 17.6 Å². The van der Waals surface area contributed by atoms with Crippen molar-refractivity contribution in [1.82, 2.24) is 9.97 Å². The molecule has 1 N–H and O–H groups in total. The Balaban J connectivity index is 1.55. The van der Waals surface area contributed by atoms with Crippen molar-refractivity contribution in [2.75, 3.05) is 12.4 Å². The van der Waals surface area contributed by atoms with Gasteiger partial charge >= 0.3 is 0 Å². The largest absolute Gasteiger partial charge is 0.493 e. The topological polar surface area (TPSA) is 37.9 Å². The van der Waals surface area contributed by atoms with Crippen LogP contribution in [0.25, 0.3) is 11.0 Å². The van der Waals surface area contributed by atoms with Crippen LogP contribution in [0.2, 0.25) is 5.02 Å². The van der Waals surface area contributed by atoms with E-state index in [4.69, 9.17) is 16.3 Å². The van der Waals surface area contributed by atoms with Gasteiger partial charge < -0.3 is 9.72 Å². The summed E-state index contributed by atoms with van der Waals surface area (Å²) in [5, 5.41) is 1.60. The molecule has 1 aromatic heterocycles. The first-order valence-corrected chi connectivity index (χ1v) is 7.63. The highest BCUT2D eigenvalue weighted by Gasteiger charge is 2.03. The molecule has 1 heterocycles. The normalized spacial score (nSPS) is 10.8. The van der Waals surface area contributed by atoms with Crippen LogP contribution in [0.3, 0.4) is 0 Å². The minimum absolute atomic E-state index is 0.645. The molecule has 0 saturated carbocycles.